The number of benzene rings is 2. The third-order valence-corrected chi connectivity index (χ3v) is 7.86. The van der Waals surface area contributed by atoms with Crippen LogP contribution >= 0.6 is 11.3 Å². The van der Waals surface area contributed by atoms with Crippen LogP contribution in [0.3, 0.4) is 0 Å². The number of carbonyl (C=O) groups is 1. The maximum Gasteiger partial charge on any atom is 0.275 e. The number of nitrogens with zero attached hydrogens (tertiary/aromatic N) is 2. The van der Waals surface area contributed by atoms with E-state index in [2.05, 4.69) is 10.3 Å². The van der Waals surface area contributed by atoms with E-state index >= 15 is 0 Å². The van der Waals surface area contributed by atoms with Crippen molar-refractivity contribution in [2.24, 2.45) is 0 Å². The van der Waals surface area contributed by atoms with Gasteiger partial charge in [0.25, 0.3) is 5.91 Å². The van der Waals surface area contributed by atoms with Gasteiger partial charge in [0, 0.05) is 29.7 Å². The van der Waals surface area contributed by atoms with E-state index in [0.29, 0.717) is 30.4 Å². The molecule has 0 saturated carbocycles. The molecule has 8 nitrogen and oxygen atoms in total. The first-order valence-corrected chi connectivity index (χ1v) is 12.8. The van der Waals surface area contributed by atoms with E-state index in [1.165, 1.54) is 21.7 Å². The Labute approximate surface area is 198 Å². The second-order valence-electron chi connectivity index (χ2n) is 6.90. The molecule has 176 valence electrons. The highest BCUT2D eigenvalue weighted by Gasteiger charge is 2.26. The number of rotatable bonds is 10. The van der Waals surface area contributed by atoms with Crippen molar-refractivity contribution in [3.8, 4) is 22.1 Å². The van der Waals surface area contributed by atoms with Crippen molar-refractivity contribution >= 4 is 33.0 Å². The van der Waals surface area contributed by atoms with Crippen LogP contribution in [0.5, 0.6) is 11.5 Å². The predicted molar refractivity (Wildman–Crippen MR) is 130 cm³/mol. The molecule has 0 unspecified atom stereocenters. The average Bonchev–Trinajstić information content (AvgIpc) is 3.31. The highest BCUT2D eigenvalue weighted by molar-refractivity contribution is 7.89. The molecule has 1 heterocycles. The van der Waals surface area contributed by atoms with Crippen molar-refractivity contribution in [2.75, 3.05) is 32.1 Å². The largest absolute Gasteiger partial charge is 0.497 e. The smallest absolute Gasteiger partial charge is 0.275 e. The molecule has 10 heteroatoms. The van der Waals surface area contributed by atoms with E-state index in [0.717, 1.165) is 11.3 Å². The van der Waals surface area contributed by atoms with Crippen molar-refractivity contribution in [2.45, 2.75) is 25.7 Å². The summed E-state index contributed by atoms with van der Waals surface area (Å²) in [6.45, 7) is 6.30. The Morgan fingerprint density at radius 2 is 1.79 bits per heavy atom. The number of anilines is 1. The quantitative estimate of drug-likeness (QED) is 0.450. The summed E-state index contributed by atoms with van der Waals surface area (Å²) in [6, 6.07) is 12.0. The Bertz CT molecular complexity index is 1200. The standard InChI is InChI=1S/C23H27N3O5S2/c1-5-26(6-2)33(28,29)21-14-17(10-13-20(21)31-7-3)24-22(27)19-15-32-23(25-19)16-8-11-18(30-4)12-9-16/h8-15H,5-7H2,1-4H3,(H,24,27). The van der Waals surface area contributed by atoms with Crippen molar-refractivity contribution in [1.82, 2.24) is 9.29 Å². The third-order valence-electron chi connectivity index (χ3n) is 4.90. The lowest BCUT2D eigenvalue weighted by Gasteiger charge is -2.21. The molecule has 0 spiro atoms. The first-order chi connectivity index (χ1) is 15.8. The second kappa shape index (κ2) is 10.8. The maximum atomic E-state index is 13.1. The highest BCUT2D eigenvalue weighted by Crippen LogP contribution is 2.31. The SMILES string of the molecule is CCOc1ccc(NC(=O)c2csc(-c3ccc(OC)cc3)n2)cc1S(=O)(=O)N(CC)CC. The van der Waals surface area contributed by atoms with Crippen LogP contribution in [0.4, 0.5) is 5.69 Å². The number of amides is 1. The van der Waals surface area contributed by atoms with Gasteiger partial charge in [-0.2, -0.15) is 4.31 Å². The summed E-state index contributed by atoms with van der Waals surface area (Å²) in [4.78, 5) is 17.2. The van der Waals surface area contributed by atoms with E-state index < -0.39 is 15.9 Å². The van der Waals surface area contributed by atoms with E-state index in [1.807, 2.05) is 24.3 Å². The Morgan fingerprint density at radius 1 is 1.09 bits per heavy atom. The predicted octanol–water partition coefficient (Wildman–Crippen LogP) is 4.50. The van der Waals surface area contributed by atoms with Gasteiger partial charge in [-0.05, 0) is 49.4 Å². The topological polar surface area (TPSA) is 97.8 Å². The van der Waals surface area contributed by atoms with Crippen LogP contribution in [0.1, 0.15) is 31.3 Å². The van der Waals surface area contributed by atoms with Gasteiger partial charge in [-0.3, -0.25) is 4.79 Å². The zero-order chi connectivity index (χ0) is 24.0. The molecular formula is C23H27N3O5S2. The van der Waals surface area contributed by atoms with E-state index in [-0.39, 0.29) is 16.3 Å². The second-order valence-corrected chi connectivity index (χ2v) is 9.67. The first kappa shape index (κ1) is 24.7. The summed E-state index contributed by atoms with van der Waals surface area (Å²) < 4.78 is 38.3. The van der Waals surface area contributed by atoms with Crippen LogP contribution in [0.15, 0.2) is 52.7 Å². The minimum absolute atomic E-state index is 0.0167. The Kier molecular flexibility index (Phi) is 8.06. The van der Waals surface area contributed by atoms with Crippen LogP contribution in [-0.4, -0.2) is 50.4 Å². The van der Waals surface area contributed by atoms with Gasteiger partial charge < -0.3 is 14.8 Å². The molecular weight excluding hydrogens is 462 g/mol. The number of nitrogens with one attached hydrogen (secondary N) is 1. The van der Waals surface area contributed by atoms with Gasteiger partial charge in [0.1, 0.15) is 27.1 Å². The molecule has 1 N–H and O–H groups in total. The lowest BCUT2D eigenvalue weighted by Crippen LogP contribution is -2.31. The van der Waals surface area contributed by atoms with Gasteiger partial charge in [-0.1, -0.05) is 13.8 Å². The molecule has 1 amide bonds. The Balaban J connectivity index is 1.86. The van der Waals surface area contributed by atoms with Crippen molar-refractivity contribution in [3.05, 3.63) is 53.5 Å². The van der Waals surface area contributed by atoms with Crippen LogP contribution < -0.4 is 14.8 Å². The van der Waals surface area contributed by atoms with Gasteiger partial charge in [-0.15, -0.1) is 11.3 Å². The van der Waals surface area contributed by atoms with Gasteiger partial charge >= 0.3 is 0 Å². The molecule has 33 heavy (non-hydrogen) atoms. The molecule has 0 atom stereocenters. The van der Waals surface area contributed by atoms with Gasteiger partial charge in [0.05, 0.1) is 13.7 Å². The van der Waals surface area contributed by atoms with Crippen LogP contribution in [0, 0.1) is 0 Å². The number of ether oxygens (including phenoxy) is 2. The normalized spacial score (nSPS) is 11.4. The molecule has 0 saturated heterocycles. The zero-order valence-electron chi connectivity index (χ0n) is 19.0. The van der Waals surface area contributed by atoms with E-state index in [1.54, 1.807) is 45.4 Å². The average molecular weight is 490 g/mol. The van der Waals surface area contributed by atoms with Gasteiger partial charge in [0.15, 0.2) is 0 Å². The molecule has 0 aliphatic carbocycles. The molecule has 0 fully saturated rings. The van der Waals surface area contributed by atoms with Crippen molar-refractivity contribution in [1.29, 1.82) is 0 Å². The number of hydrogen-bond acceptors (Lipinski definition) is 7. The zero-order valence-corrected chi connectivity index (χ0v) is 20.6. The number of aromatic nitrogens is 1. The molecule has 3 aromatic rings. The monoisotopic (exact) mass is 489 g/mol. The fraction of sp³-hybridized carbons (Fsp3) is 0.304. The fourth-order valence-corrected chi connectivity index (χ4v) is 5.63. The first-order valence-electron chi connectivity index (χ1n) is 10.5. The molecule has 0 aliphatic heterocycles. The van der Waals surface area contributed by atoms with Crippen LogP contribution in [-0.2, 0) is 10.0 Å². The molecule has 3 rings (SSSR count). The summed E-state index contributed by atoms with van der Waals surface area (Å²) >= 11 is 1.35. The summed E-state index contributed by atoms with van der Waals surface area (Å²) in [5.74, 6) is 0.554. The minimum atomic E-state index is -3.78. The molecule has 1 aromatic heterocycles. The number of thiazole rings is 1. The summed E-state index contributed by atoms with van der Waals surface area (Å²) in [5.41, 5.74) is 1.45. The number of carbonyl (C=O) groups excluding carboxylic acids is 1. The van der Waals surface area contributed by atoms with Crippen LogP contribution in [0.2, 0.25) is 0 Å². The van der Waals surface area contributed by atoms with Crippen molar-refractivity contribution < 1.29 is 22.7 Å². The molecule has 2 aromatic carbocycles. The maximum absolute atomic E-state index is 13.1. The number of sulfonamides is 1. The summed E-state index contributed by atoms with van der Waals surface area (Å²) in [7, 11) is -2.18. The lowest BCUT2D eigenvalue weighted by atomic mass is 10.2. The third kappa shape index (κ3) is 5.52. The lowest BCUT2D eigenvalue weighted by molar-refractivity contribution is 0.102. The molecule has 0 radical (unpaired) electrons. The van der Waals surface area contributed by atoms with Gasteiger partial charge in [0.2, 0.25) is 10.0 Å². The Morgan fingerprint density at radius 3 is 2.39 bits per heavy atom. The highest BCUT2D eigenvalue weighted by atomic mass is 32.2. The number of methoxy groups -OCH3 is 1. The fourth-order valence-electron chi connectivity index (χ4n) is 3.20. The molecule has 0 bridgehead atoms. The van der Waals surface area contributed by atoms with Gasteiger partial charge in [-0.25, -0.2) is 13.4 Å². The van der Waals surface area contributed by atoms with E-state index in [4.69, 9.17) is 9.47 Å². The Hall–Kier alpha value is -2.95. The van der Waals surface area contributed by atoms with Crippen molar-refractivity contribution in [3.63, 3.8) is 0 Å². The summed E-state index contributed by atoms with van der Waals surface area (Å²) in [6.07, 6.45) is 0. The van der Waals surface area contributed by atoms with E-state index in [9.17, 15) is 13.2 Å². The minimum Gasteiger partial charge on any atom is -0.497 e. The summed E-state index contributed by atoms with van der Waals surface area (Å²) in [5, 5.41) is 5.10. The van der Waals surface area contributed by atoms with Crippen LogP contribution in [0.25, 0.3) is 10.6 Å². The molecule has 0 aliphatic rings. The number of hydrogen-bond donors (Lipinski definition) is 1.